The Balaban J connectivity index is 2.60. The summed E-state index contributed by atoms with van der Waals surface area (Å²) in [5, 5.41) is 22.7. The summed E-state index contributed by atoms with van der Waals surface area (Å²) in [5.41, 5.74) is 0. The fraction of sp³-hybridized carbons (Fsp3) is 0.333. The Labute approximate surface area is 82.5 Å². The van der Waals surface area contributed by atoms with Crippen LogP contribution in [0.5, 0.6) is 0 Å². The highest BCUT2D eigenvalue weighted by atomic mass is 32.1. The molecular formula is C6H7N3O4S. The third-order valence-corrected chi connectivity index (χ3v) is 2.03. The molecule has 8 heteroatoms. The van der Waals surface area contributed by atoms with E-state index in [1.54, 1.807) is 0 Å². The Kier molecular flexibility index (Phi) is 3.48. The lowest BCUT2D eigenvalue weighted by atomic mass is 10.3. The highest BCUT2D eigenvalue weighted by molar-refractivity contribution is 7.07. The van der Waals surface area contributed by atoms with Gasteiger partial charge in [0, 0.05) is 0 Å². The van der Waals surface area contributed by atoms with E-state index >= 15 is 0 Å². The minimum atomic E-state index is -1.30. The molecule has 76 valence electrons. The summed E-state index contributed by atoms with van der Waals surface area (Å²) >= 11 is 0.847. The molecule has 1 atom stereocenters. The zero-order chi connectivity index (χ0) is 10.6. The van der Waals surface area contributed by atoms with Crippen molar-refractivity contribution in [2.24, 2.45) is 0 Å². The second-order valence-electron chi connectivity index (χ2n) is 2.33. The molecule has 1 heterocycles. The molecule has 0 aliphatic heterocycles. The van der Waals surface area contributed by atoms with Gasteiger partial charge in [0.2, 0.25) is 0 Å². The van der Waals surface area contributed by atoms with Gasteiger partial charge in [0.15, 0.2) is 6.04 Å². The molecule has 0 radical (unpaired) electrons. The Hall–Kier alpha value is -1.54. The van der Waals surface area contributed by atoms with Crippen molar-refractivity contribution in [2.75, 3.05) is 6.61 Å². The number of aliphatic carboxylic acids is 1. The number of aromatic nitrogens is 2. The van der Waals surface area contributed by atoms with Crippen LogP contribution in [-0.4, -0.2) is 44.3 Å². The van der Waals surface area contributed by atoms with Crippen LogP contribution in [-0.2, 0) is 4.79 Å². The lowest BCUT2D eigenvalue weighted by Gasteiger charge is -2.09. The fourth-order valence-electron chi connectivity index (χ4n) is 0.682. The van der Waals surface area contributed by atoms with Gasteiger partial charge in [-0.3, -0.25) is 4.79 Å². The summed E-state index contributed by atoms with van der Waals surface area (Å²) < 4.78 is 3.44. The number of amides is 1. The van der Waals surface area contributed by atoms with Crippen molar-refractivity contribution >= 4 is 23.4 Å². The predicted molar refractivity (Wildman–Crippen MR) is 45.9 cm³/mol. The van der Waals surface area contributed by atoms with Crippen LogP contribution < -0.4 is 5.32 Å². The van der Waals surface area contributed by atoms with Gasteiger partial charge in [-0.25, -0.2) is 4.79 Å². The summed E-state index contributed by atoms with van der Waals surface area (Å²) in [6.45, 7) is -0.659. The van der Waals surface area contributed by atoms with E-state index in [0.29, 0.717) is 0 Å². The van der Waals surface area contributed by atoms with Gasteiger partial charge >= 0.3 is 5.97 Å². The molecule has 0 saturated heterocycles. The van der Waals surface area contributed by atoms with E-state index in [1.807, 2.05) is 0 Å². The SMILES string of the molecule is O=C(NC(CO)C(=O)O)c1cnns1. The van der Waals surface area contributed by atoms with Crippen LogP contribution in [0.4, 0.5) is 0 Å². The smallest absolute Gasteiger partial charge is 0.328 e. The van der Waals surface area contributed by atoms with E-state index < -0.39 is 24.5 Å². The molecular weight excluding hydrogens is 210 g/mol. The van der Waals surface area contributed by atoms with Crippen molar-refractivity contribution < 1.29 is 19.8 Å². The number of carbonyl (C=O) groups is 2. The molecule has 1 aromatic rings. The summed E-state index contributed by atoms with van der Waals surface area (Å²) in [6.07, 6.45) is 1.22. The molecule has 0 fully saturated rings. The molecule has 0 spiro atoms. The maximum atomic E-state index is 11.2. The van der Waals surface area contributed by atoms with Crippen LogP contribution in [0, 0.1) is 0 Å². The normalized spacial score (nSPS) is 12.1. The van der Waals surface area contributed by atoms with E-state index in [4.69, 9.17) is 10.2 Å². The quantitative estimate of drug-likeness (QED) is 0.578. The highest BCUT2D eigenvalue weighted by Crippen LogP contribution is 2.01. The largest absolute Gasteiger partial charge is 0.480 e. The van der Waals surface area contributed by atoms with E-state index in [-0.39, 0.29) is 4.88 Å². The van der Waals surface area contributed by atoms with Crippen molar-refractivity contribution in [3.8, 4) is 0 Å². The molecule has 0 bridgehead atoms. The fourth-order valence-corrected chi connectivity index (χ4v) is 1.10. The summed E-state index contributed by atoms with van der Waals surface area (Å²) in [4.78, 5) is 21.9. The zero-order valence-corrected chi connectivity index (χ0v) is 7.69. The second-order valence-corrected chi connectivity index (χ2v) is 3.11. The number of nitrogens with zero attached hydrogens (tertiary/aromatic N) is 2. The minimum Gasteiger partial charge on any atom is -0.480 e. The summed E-state index contributed by atoms with van der Waals surface area (Å²) in [5.74, 6) is -1.90. The molecule has 0 saturated carbocycles. The number of hydrogen-bond donors (Lipinski definition) is 3. The standard InChI is InChI=1S/C6H7N3O4S/c10-2-3(6(12)13)8-5(11)4-1-7-9-14-4/h1,3,10H,2H2,(H,8,11)(H,12,13). The van der Waals surface area contributed by atoms with E-state index in [1.165, 1.54) is 6.20 Å². The monoisotopic (exact) mass is 217 g/mol. The van der Waals surface area contributed by atoms with Crippen molar-refractivity contribution in [2.45, 2.75) is 6.04 Å². The van der Waals surface area contributed by atoms with Gasteiger partial charge in [-0.05, 0) is 11.5 Å². The average Bonchev–Trinajstić information content (AvgIpc) is 2.65. The first kappa shape index (κ1) is 10.5. The van der Waals surface area contributed by atoms with Crippen LogP contribution in [0.2, 0.25) is 0 Å². The summed E-state index contributed by atoms with van der Waals surface area (Å²) in [7, 11) is 0. The van der Waals surface area contributed by atoms with E-state index in [9.17, 15) is 9.59 Å². The van der Waals surface area contributed by atoms with E-state index in [0.717, 1.165) is 11.5 Å². The maximum Gasteiger partial charge on any atom is 0.328 e. The number of carboxylic acid groups (broad SMARTS) is 1. The maximum absolute atomic E-state index is 11.2. The van der Waals surface area contributed by atoms with Crippen LogP contribution >= 0.6 is 11.5 Å². The number of hydrogen-bond acceptors (Lipinski definition) is 6. The molecule has 1 aromatic heterocycles. The van der Waals surface area contributed by atoms with Gasteiger partial charge in [0.1, 0.15) is 4.88 Å². The lowest BCUT2D eigenvalue weighted by Crippen LogP contribution is -2.43. The first-order chi connectivity index (χ1) is 6.65. The molecule has 7 nitrogen and oxygen atoms in total. The number of aliphatic hydroxyl groups is 1. The number of nitrogens with one attached hydrogen (secondary N) is 1. The van der Waals surface area contributed by atoms with Crippen LogP contribution in [0.25, 0.3) is 0 Å². The number of carboxylic acids is 1. The van der Waals surface area contributed by atoms with E-state index in [2.05, 4.69) is 14.9 Å². The first-order valence-corrected chi connectivity index (χ1v) is 4.34. The molecule has 3 N–H and O–H groups in total. The van der Waals surface area contributed by atoms with Gasteiger partial charge in [0.05, 0.1) is 12.8 Å². The van der Waals surface area contributed by atoms with Crippen molar-refractivity contribution in [3.05, 3.63) is 11.1 Å². The number of aliphatic hydroxyl groups excluding tert-OH is 1. The predicted octanol–water partition coefficient (Wildman–Crippen LogP) is -1.29. The highest BCUT2D eigenvalue weighted by Gasteiger charge is 2.20. The van der Waals surface area contributed by atoms with Crippen LogP contribution in [0.3, 0.4) is 0 Å². The first-order valence-electron chi connectivity index (χ1n) is 3.57. The topological polar surface area (TPSA) is 112 Å². The molecule has 14 heavy (non-hydrogen) atoms. The van der Waals surface area contributed by atoms with Crippen LogP contribution in [0.1, 0.15) is 9.67 Å². The molecule has 0 aliphatic rings. The molecule has 0 aliphatic carbocycles. The van der Waals surface area contributed by atoms with Gasteiger partial charge < -0.3 is 15.5 Å². The number of carbonyl (C=O) groups excluding carboxylic acids is 1. The van der Waals surface area contributed by atoms with Crippen LogP contribution in [0.15, 0.2) is 6.20 Å². The van der Waals surface area contributed by atoms with Gasteiger partial charge in [0.25, 0.3) is 5.91 Å². The van der Waals surface area contributed by atoms with Gasteiger partial charge in [-0.1, -0.05) is 4.49 Å². The third-order valence-electron chi connectivity index (χ3n) is 1.37. The Morgan fingerprint density at radius 1 is 1.64 bits per heavy atom. The Morgan fingerprint density at radius 3 is 2.79 bits per heavy atom. The van der Waals surface area contributed by atoms with Crippen molar-refractivity contribution in [1.82, 2.24) is 14.9 Å². The number of rotatable bonds is 4. The molecule has 0 aromatic carbocycles. The third kappa shape index (κ3) is 2.47. The van der Waals surface area contributed by atoms with Gasteiger partial charge in [-0.15, -0.1) is 5.10 Å². The van der Waals surface area contributed by atoms with Crippen molar-refractivity contribution in [1.29, 1.82) is 0 Å². The Morgan fingerprint density at radius 2 is 2.36 bits per heavy atom. The second kappa shape index (κ2) is 4.63. The summed E-state index contributed by atoms with van der Waals surface area (Å²) in [6, 6.07) is -1.30. The zero-order valence-electron chi connectivity index (χ0n) is 6.88. The lowest BCUT2D eigenvalue weighted by molar-refractivity contribution is -0.140. The molecule has 1 unspecified atom stereocenters. The minimum absolute atomic E-state index is 0.199. The molecule has 1 rings (SSSR count). The molecule has 1 amide bonds. The Bertz CT molecular complexity index is 326. The van der Waals surface area contributed by atoms with Crippen molar-refractivity contribution in [3.63, 3.8) is 0 Å². The van der Waals surface area contributed by atoms with Gasteiger partial charge in [-0.2, -0.15) is 0 Å². The average molecular weight is 217 g/mol.